The molecule has 116 valence electrons. The fourth-order valence-electron chi connectivity index (χ4n) is 3.68. The van der Waals surface area contributed by atoms with Gasteiger partial charge in [0.25, 0.3) is 0 Å². The molecule has 2 aliphatic rings. The summed E-state index contributed by atoms with van der Waals surface area (Å²) in [6.07, 6.45) is 2.86. The zero-order chi connectivity index (χ0) is 14.7. The van der Waals surface area contributed by atoms with E-state index in [2.05, 4.69) is 48.3 Å². The molecule has 1 saturated heterocycles. The van der Waals surface area contributed by atoms with Crippen molar-refractivity contribution in [3.63, 3.8) is 0 Å². The maximum absolute atomic E-state index is 5.91. The zero-order valence-electron chi connectivity index (χ0n) is 13.3. The minimum atomic E-state index is 0.338. The molecular formula is C18H28N2O. The molecule has 0 radical (unpaired) electrons. The van der Waals surface area contributed by atoms with Crippen LogP contribution in [0.15, 0.2) is 24.3 Å². The molecule has 0 saturated carbocycles. The van der Waals surface area contributed by atoms with Gasteiger partial charge >= 0.3 is 0 Å². The molecule has 1 heterocycles. The Bertz CT molecular complexity index is 462. The number of nitrogens with one attached hydrogen (secondary N) is 1. The highest BCUT2D eigenvalue weighted by atomic mass is 16.5. The number of rotatable bonds is 4. The monoisotopic (exact) mass is 288 g/mol. The Morgan fingerprint density at radius 2 is 2.05 bits per heavy atom. The molecule has 3 unspecified atom stereocenters. The number of likely N-dealkylation sites (N-methyl/N-ethyl adjacent to an activating group) is 1. The van der Waals surface area contributed by atoms with Crippen LogP contribution in [0, 0.1) is 0 Å². The summed E-state index contributed by atoms with van der Waals surface area (Å²) >= 11 is 0. The molecule has 3 rings (SSSR count). The van der Waals surface area contributed by atoms with Crippen LogP contribution in [0.3, 0.4) is 0 Å². The average molecular weight is 288 g/mol. The van der Waals surface area contributed by atoms with E-state index >= 15 is 0 Å². The Morgan fingerprint density at radius 3 is 2.86 bits per heavy atom. The Balaban J connectivity index is 1.60. The topological polar surface area (TPSA) is 24.5 Å². The molecule has 1 fully saturated rings. The first-order valence-corrected chi connectivity index (χ1v) is 8.44. The normalized spacial score (nSPS) is 30.1. The summed E-state index contributed by atoms with van der Waals surface area (Å²) in [5.74, 6) is 0.695. The highest BCUT2D eigenvalue weighted by Crippen LogP contribution is 2.36. The maximum atomic E-state index is 5.91. The molecule has 1 aromatic rings. The van der Waals surface area contributed by atoms with Crippen LogP contribution in [0.1, 0.15) is 49.8 Å². The molecule has 3 heteroatoms. The van der Waals surface area contributed by atoms with E-state index in [1.165, 1.54) is 24.0 Å². The molecule has 3 atom stereocenters. The summed E-state index contributed by atoms with van der Waals surface area (Å²) in [5.41, 5.74) is 3.03. The number of benzene rings is 1. The lowest BCUT2D eigenvalue weighted by atomic mass is 9.81. The van der Waals surface area contributed by atoms with Crippen LogP contribution in [0.4, 0.5) is 0 Å². The van der Waals surface area contributed by atoms with Gasteiger partial charge in [0.15, 0.2) is 0 Å². The first kappa shape index (κ1) is 15.0. The summed E-state index contributed by atoms with van der Waals surface area (Å²) < 4.78 is 5.91. The Hall–Kier alpha value is -0.900. The van der Waals surface area contributed by atoms with Crippen LogP contribution in [-0.2, 0) is 4.74 Å². The smallest absolute Gasteiger partial charge is 0.0826 e. The number of nitrogens with zero attached hydrogens (tertiary/aromatic N) is 1. The van der Waals surface area contributed by atoms with E-state index in [4.69, 9.17) is 4.74 Å². The number of hydrogen-bond acceptors (Lipinski definition) is 3. The number of ether oxygens (including phenoxy) is 1. The maximum Gasteiger partial charge on any atom is 0.0826 e. The fourth-order valence-corrected chi connectivity index (χ4v) is 3.68. The van der Waals surface area contributed by atoms with Crippen molar-refractivity contribution in [3.8, 4) is 0 Å². The molecule has 1 aliphatic carbocycles. The molecule has 1 aliphatic heterocycles. The lowest BCUT2D eigenvalue weighted by Crippen LogP contribution is -2.47. The summed E-state index contributed by atoms with van der Waals surface area (Å²) in [5, 5.41) is 3.76. The summed E-state index contributed by atoms with van der Waals surface area (Å²) in [4.78, 5) is 2.48. The van der Waals surface area contributed by atoms with E-state index < -0.39 is 0 Å². The van der Waals surface area contributed by atoms with Crippen molar-refractivity contribution in [1.29, 1.82) is 0 Å². The number of morpholine rings is 1. The molecule has 0 aromatic heterocycles. The fraction of sp³-hybridized carbons (Fsp3) is 0.667. The number of fused-ring (bicyclic) bond motifs is 1. The Labute approximate surface area is 128 Å². The molecule has 3 nitrogen and oxygen atoms in total. The first-order chi connectivity index (χ1) is 10.3. The first-order valence-electron chi connectivity index (χ1n) is 8.44. The minimum Gasteiger partial charge on any atom is -0.374 e. The van der Waals surface area contributed by atoms with Crippen molar-refractivity contribution in [1.82, 2.24) is 10.2 Å². The summed E-state index contributed by atoms with van der Waals surface area (Å²) in [6.45, 7) is 9.68. The van der Waals surface area contributed by atoms with Crippen molar-refractivity contribution in [3.05, 3.63) is 35.4 Å². The van der Waals surface area contributed by atoms with Crippen molar-refractivity contribution >= 4 is 0 Å². The molecule has 1 aromatic carbocycles. The molecule has 1 N–H and O–H groups in total. The predicted octanol–water partition coefficient (Wildman–Crippen LogP) is 2.94. The van der Waals surface area contributed by atoms with Gasteiger partial charge < -0.3 is 10.1 Å². The van der Waals surface area contributed by atoms with Gasteiger partial charge in [-0.1, -0.05) is 38.1 Å². The van der Waals surface area contributed by atoms with Crippen LogP contribution in [0.5, 0.6) is 0 Å². The summed E-state index contributed by atoms with van der Waals surface area (Å²) in [6, 6.07) is 9.42. The van der Waals surface area contributed by atoms with Gasteiger partial charge in [-0.15, -0.1) is 0 Å². The van der Waals surface area contributed by atoms with E-state index in [-0.39, 0.29) is 0 Å². The second-order valence-corrected chi connectivity index (χ2v) is 6.45. The third-order valence-corrected chi connectivity index (χ3v) is 5.05. The van der Waals surface area contributed by atoms with E-state index in [0.717, 1.165) is 32.8 Å². The molecule has 21 heavy (non-hydrogen) atoms. The van der Waals surface area contributed by atoms with Crippen LogP contribution in [-0.4, -0.2) is 43.8 Å². The second kappa shape index (κ2) is 6.91. The van der Waals surface area contributed by atoms with Gasteiger partial charge in [-0.2, -0.15) is 0 Å². The van der Waals surface area contributed by atoms with E-state index in [1.54, 1.807) is 0 Å². The van der Waals surface area contributed by atoms with Gasteiger partial charge in [-0.25, -0.2) is 0 Å². The molecular weight excluding hydrogens is 260 g/mol. The predicted molar refractivity (Wildman–Crippen MR) is 86.7 cm³/mol. The Kier molecular flexibility index (Phi) is 4.94. The second-order valence-electron chi connectivity index (χ2n) is 6.45. The lowest BCUT2D eigenvalue weighted by Gasteiger charge is -2.35. The lowest BCUT2D eigenvalue weighted by molar-refractivity contribution is -0.0266. The van der Waals surface area contributed by atoms with E-state index in [1.807, 2.05) is 0 Å². The standard InChI is InChI=1S/C18H28N2O/c1-3-20-10-11-21-15(13-20)12-19-18-9-8-14(2)16-6-4-5-7-17(16)18/h4-7,14-15,18-19H,3,8-13H2,1-2H3. The summed E-state index contributed by atoms with van der Waals surface area (Å²) in [7, 11) is 0. The molecule has 0 bridgehead atoms. The third-order valence-electron chi connectivity index (χ3n) is 5.05. The van der Waals surface area contributed by atoms with Crippen molar-refractivity contribution in [2.45, 2.75) is 44.8 Å². The van der Waals surface area contributed by atoms with Crippen LogP contribution >= 0.6 is 0 Å². The van der Waals surface area contributed by atoms with Crippen molar-refractivity contribution < 1.29 is 4.74 Å². The van der Waals surface area contributed by atoms with Gasteiger partial charge in [0.2, 0.25) is 0 Å². The molecule has 0 spiro atoms. The van der Waals surface area contributed by atoms with E-state index in [0.29, 0.717) is 18.1 Å². The van der Waals surface area contributed by atoms with E-state index in [9.17, 15) is 0 Å². The third kappa shape index (κ3) is 3.47. The van der Waals surface area contributed by atoms with Gasteiger partial charge in [-0.05, 0) is 36.4 Å². The number of hydrogen-bond donors (Lipinski definition) is 1. The van der Waals surface area contributed by atoms with Crippen molar-refractivity contribution in [2.24, 2.45) is 0 Å². The van der Waals surface area contributed by atoms with Crippen LogP contribution in [0.25, 0.3) is 0 Å². The van der Waals surface area contributed by atoms with Crippen molar-refractivity contribution in [2.75, 3.05) is 32.8 Å². The average Bonchev–Trinajstić information content (AvgIpc) is 2.55. The highest BCUT2D eigenvalue weighted by Gasteiger charge is 2.26. The van der Waals surface area contributed by atoms with Gasteiger partial charge in [0, 0.05) is 25.7 Å². The zero-order valence-corrected chi connectivity index (χ0v) is 13.3. The van der Waals surface area contributed by atoms with Crippen LogP contribution in [0.2, 0.25) is 0 Å². The largest absolute Gasteiger partial charge is 0.374 e. The van der Waals surface area contributed by atoms with Crippen LogP contribution < -0.4 is 5.32 Å². The highest BCUT2D eigenvalue weighted by molar-refractivity contribution is 5.34. The quantitative estimate of drug-likeness (QED) is 0.922. The Morgan fingerprint density at radius 1 is 1.24 bits per heavy atom. The molecule has 0 amide bonds. The van der Waals surface area contributed by atoms with Gasteiger partial charge in [-0.3, -0.25) is 4.90 Å². The SMILES string of the molecule is CCN1CCOC(CNC2CCC(C)c3ccccc32)C1. The van der Waals surface area contributed by atoms with Gasteiger partial charge in [0.05, 0.1) is 12.7 Å². The van der Waals surface area contributed by atoms with Gasteiger partial charge in [0.1, 0.15) is 0 Å². The minimum absolute atomic E-state index is 0.338.